The van der Waals surface area contributed by atoms with Gasteiger partial charge in [-0.2, -0.15) is 5.21 Å². The average molecular weight is 414 g/mol. The summed E-state index contributed by atoms with van der Waals surface area (Å²) in [6.45, 7) is 2.07. The van der Waals surface area contributed by atoms with Gasteiger partial charge in [-0.05, 0) is 34.9 Å². The van der Waals surface area contributed by atoms with Crippen LogP contribution in [0.5, 0.6) is 0 Å². The van der Waals surface area contributed by atoms with Crippen LogP contribution in [0.25, 0.3) is 11.4 Å². The lowest BCUT2D eigenvalue weighted by atomic mass is 9.83. The number of pyridine rings is 1. The Balaban J connectivity index is 1.73. The zero-order valence-corrected chi connectivity index (χ0v) is 17.2. The molecule has 31 heavy (non-hydrogen) atoms. The molecule has 2 aromatic heterocycles. The van der Waals surface area contributed by atoms with E-state index in [1.54, 1.807) is 19.3 Å². The van der Waals surface area contributed by atoms with Gasteiger partial charge < -0.3 is 9.77 Å². The Bertz CT molecular complexity index is 1260. The zero-order valence-electron chi connectivity index (χ0n) is 17.2. The molecule has 2 heterocycles. The normalized spacial score (nSPS) is 12.6. The Hall–Kier alpha value is -4.07. The highest BCUT2D eigenvalue weighted by molar-refractivity contribution is 6.00. The molecule has 0 fully saturated rings. The molecule has 2 aromatic carbocycles. The first-order chi connectivity index (χ1) is 15.1. The van der Waals surface area contributed by atoms with Gasteiger partial charge in [0.2, 0.25) is 11.4 Å². The molecule has 4 rings (SSSR count). The lowest BCUT2D eigenvalue weighted by molar-refractivity contribution is 0.317. The molecule has 2 N–H and O–H groups in total. The molecular weight excluding hydrogens is 392 g/mol. The molecule has 8 nitrogen and oxygen atoms in total. The van der Waals surface area contributed by atoms with Crippen LogP contribution in [0.15, 0.2) is 76.8 Å². The van der Waals surface area contributed by atoms with Crippen LogP contribution in [-0.2, 0) is 7.05 Å². The quantitative estimate of drug-likeness (QED) is 0.286. The number of hydrogen-bond donors (Lipinski definition) is 2. The van der Waals surface area contributed by atoms with E-state index >= 15 is 0 Å². The lowest BCUT2D eigenvalue weighted by Crippen LogP contribution is -2.18. The fraction of sp³-hybridized carbons (Fsp3) is 0.174. The maximum absolute atomic E-state index is 11.8. The molecule has 0 spiro atoms. The van der Waals surface area contributed by atoms with Crippen LogP contribution < -0.4 is 5.56 Å². The van der Waals surface area contributed by atoms with Gasteiger partial charge in [0, 0.05) is 42.8 Å². The summed E-state index contributed by atoms with van der Waals surface area (Å²) in [5.41, 5.74) is 5.29. The SMILES string of the molecule is Cc1ccccc1[C@H](CC(=NO)c1ccc(=O)n(C)c1)c1ccc(-c2nn[nH]n2)cc1. The van der Waals surface area contributed by atoms with Crippen LogP contribution in [0.4, 0.5) is 0 Å². The van der Waals surface area contributed by atoms with Crippen molar-refractivity contribution < 1.29 is 5.21 Å². The highest BCUT2D eigenvalue weighted by atomic mass is 16.4. The molecule has 0 aliphatic carbocycles. The number of rotatable bonds is 6. The van der Waals surface area contributed by atoms with Crippen LogP contribution in [0.2, 0.25) is 0 Å². The number of oxime groups is 1. The van der Waals surface area contributed by atoms with E-state index in [9.17, 15) is 10.0 Å². The van der Waals surface area contributed by atoms with Crippen molar-refractivity contribution in [2.75, 3.05) is 0 Å². The third kappa shape index (κ3) is 4.28. The minimum Gasteiger partial charge on any atom is -0.411 e. The second-order valence-electron chi connectivity index (χ2n) is 7.38. The highest BCUT2D eigenvalue weighted by Gasteiger charge is 2.21. The van der Waals surface area contributed by atoms with Crippen molar-refractivity contribution in [2.24, 2.45) is 12.2 Å². The van der Waals surface area contributed by atoms with Crippen molar-refractivity contribution in [2.45, 2.75) is 19.3 Å². The first kappa shape index (κ1) is 20.2. The maximum atomic E-state index is 11.8. The van der Waals surface area contributed by atoms with Crippen LogP contribution in [0.3, 0.4) is 0 Å². The minimum atomic E-state index is -0.117. The number of nitrogens with one attached hydrogen (secondary N) is 1. The van der Waals surface area contributed by atoms with Gasteiger partial charge in [0.25, 0.3) is 0 Å². The molecule has 8 heteroatoms. The zero-order chi connectivity index (χ0) is 21.8. The number of H-pyrrole nitrogens is 1. The van der Waals surface area contributed by atoms with E-state index in [2.05, 4.69) is 44.8 Å². The Morgan fingerprint density at radius 1 is 1.13 bits per heavy atom. The van der Waals surface area contributed by atoms with Crippen molar-refractivity contribution in [1.82, 2.24) is 25.2 Å². The van der Waals surface area contributed by atoms with Gasteiger partial charge in [0.1, 0.15) is 0 Å². The highest BCUT2D eigenvalue weighted by Crippen LogP contribution is 2.32. The molecule has 1 atom stereocenters. The Morgan fingerprint density at radius 3 is 2.55 bits per heavy atom. The van der Waals surface area contributed by atoms with Crippen LogP contribution in [-0.4, -0.2) is 36.1 Å². The van der Waals surface area contributed by atoms with E-state index in [1.807, 2.05) is 36.4 Å². The molecule has 0 unspecified atom stereocenters. The molecule has 0 aliphatic heterocycles. The smallest absolute Gasteiger partial charge is 0.250 e. The summed E-state index contributed by atoms with van der Waals surface area (Å²) in [6.07, 6.45) is 2.15. The summed E-state index contributed by atoms with van der Waals surface area (Å²) in [6, 6.07) is 19.3. The summed E-state index contributed by atoms with van der Waals surface area (Å²) < 4.78 is 1.48. The summed E-state index contributed by atoms with van der Waals surface area (Å²) >= 11 is 0. The standard InChI is InChI=1S/C23H22N6O2/c1-15-5-3-4-6-19(15)20(13-21(26-31)18-11-12-22(30)29(2)14-18)16-7-9-17(10-8-16)23-24-27-28-25-23/h3-12,14,20,31H,13H2,1-2H3,(H,24,25,27,28)/t20-/m1/s1. The molecule has 0 bridgehead atoms. The van der Waals surface area contributed by atoms with Gasteiger partial charge in [0.15, 0.2) is 0 Å². The monoisotopic (exact) mass is 414 g/mol. The fourth-order valence-corrected chi connectivity index (χ4v) is 3.71. The largest absolute Gasteiger partial charge is 0.411 e. The summed E-state index contributed by atoms with van der Waals surface area (Å²) in [5, 5.41) is 27.5. The topological polar surface area (TPSA) is 109 Å². The van der Waals surface area contributed by atoms with Gasteiger partial charge >= 0.3 is 0 Å². The Labute approximate surface area is 178 Å². The van der Waals surface area contributed by atoms with E-state index in [4.69, 9.17) is 0 Å². The molecule has 0 saturated carbocycles. The van der Waals surface area contributed by atoms with Crippen LogP contribution in [0, 0.1) is 6.92 Å². The third-order valence-corrected chi connectivity index (χ3v) is 5.42. The number of nitrogens with zero attached hydrogens (tertiary/aromatic N) is 5. The summed E-state index contributed by atoms with van der Waals surface area (Å²) in [7, 11) is 1.68. The van der Waals surface area contributed by atoms with E-state index in [0.29, 0.717) is 23.5 Å². The van der Waals surface area contributed by atoms with Gasteiger partial charge in [-0.15, -0.1) is 10.2 Å². The number of hydrogen-bond acceptors (Lipinski definition) is 6. The molecule has 0 aliphatic rings. The van der Waals surface area contributed by atoms with Crippen LogP contribution in [0.1, 0.15) is 34.6 Å². The fourth-order valence-electron chi connectivity index (χ4n) is 3.71. The molecule has 0 radical (unpaired) electrons. The maximum Gasteiger partial charge on any atom is 0.250 e. The predicted molar refractivity (Wildman–Crippen MR) is 117 cm³/mol. The van der Waals surface area contributed by atoms with Crippen LogP contribution >= 0.6 is 0 Å². The Kier molecular flexibility index (Phi) is 5.70. The summed E-state index contributed by atoms with van der Waals surface area (Å²) in [4.78, 5) is 11.8. The third-order valence-electron chi connectivity index (χ3n) is 5.42. The molecule has 4 aromatic rings. The van der Waals surface area contributed by atoms with E-state index < -0.39 is 0 Å². The number of aryl methyl sites for hydroxylation is 2. The number of benzene rings is 2. The van der Waals surface area contributed by atoms with Gasteiger partial charge in [-0.25, -0.2) is 0 Å². The molecule has 156 valence electrons. The minimum absolute atomic E-state index is 0.0522. The second-order valence-corrected chi connectivity index (χ2v) is 7.38. The van der Waals surface area contributed by atoms with E-state index in [1.165, 1.54) is 10.6 Å². The van der Waals surface area contributed by atoms with Crippen molar-refractivity contribution >= 4 is 5.71 Å². The van der Waals surface area contributed by atoms with Crippen molar-refractivity contribution in [3.05, 3.63) is 99.5 Å². The molecular formula is C23H22N6O2. The van der Waals surface area contributed by atoms with Crippen molar-refractivity contribution in [3.8, 4) is 11.4 Å². The first-order valence-corrected chi connectivity index (χ1v) is 9.84. The number of aromatic nitrogens is 5. The van der Waals surface area contributed by atoms with Crippen molar-refractivity contribution in [3.63, 3.8) is 0 Å². The Morgan fingerprint density at radius 2 is 1.90 bits per heavy atom. The molecule has 0 amide bonds. The average Bonchev–Trinajstić information content (AvgIpc) is 3.33. The predicted octanol–water partition coefficient (Wildman–Crippen LogP) is 3.27. The lowest BCUT2D eigenvalue weighted by Gasteiger charge is -2.21. The summed E-state index contributed by atoms with van der Waals surface area (Å²) in [5.74, 6) is 0.477. The van der Waals surface area contributed by atoms with E-state index in [-0.39, 0.29) is 11.5 Å². The van der Waals surface area contributed by atoms with Crippen molar-refractivity contribution in [1.29, 1.82) is 0 Å². The van der Waals surface area contributed by atoms with Gasteiger partial charge in [-0.1, -0.05) is 53.7 Å². The second kappa shape index (κ2) is 8.74. The van der Waals surface area contributed by atoms with Gasteiger partial charge in [-0.3, -0.25) is 4.79 Å². The molecule has 0 saturated heterocycles. The van der Waals surface area contributed by atoms with E-state index in [0.717, 1.165) is 22.3 Å². The van der Waals surface area contributed by atoms with Gasteiger partial charge in [0.05, 0.1) is 5.71 Å². The first-order valence-electron chi connectivity index (χ1n) is 9.84. The number of tetrazole rings is 1. The number of aromatic amines is 1.